The summed E-state index contributed by atoms with van der Waals surface area (Å²) in [7, 11) is 0. The molecule has 6 aromatic heterocycles. The molecule has 0 aliphatic carbocycles. The average molecular weight is 905 g/mol. The minimum atomic E-state index is -1.51. The maximum Gasteiger partial charge on any atom is 0.339 e. The van der Waals surface area contributed by atoms with Crippen LogP contribution in [0.2, 0.25) is 5.02 Å². The van der Waals surface area contributed by atoms with Crippen LogP contribution in [0.3, 0.4) is 0 Å². The van der Waals surface area contributed by atoms with Gasteiger partial charge in [-0.25, -0.2) is 19.6 Å². The number of Topliss-reactive ketones (excluding diaryl/α,β-unsaturated/α-hetero) is 1. The SMILES string of the molecule is Cc1cccc2nc(C(O)Nc3scc(-c4ccc(Br)cc4)c3C(=O)O)c(F)n12.Cc1cccn2c(F)c(C(=O)Cc3scc(-c4ccc(Cl)cc4)c3C(=O)O)nc12. The zero-order valence-electron chi connectivity index (χ0n) is 30.2. The third kappa shape index (κ3) is 7.88. The van der Waals surface area contributed by atoms with Crippen LogP contribution in [0.15, 0.2) is 100 Å². The molecule has 0 saturated carbocycles. The second kappa shape index (κ2) is 16.6. The van der Waals surface area contributed by atoms with Gasteiger partial charge in [0.15, 0.2) is 17.7 Å². The molecule has 0 bridgehead atoms. The number of fused-ring (bicyclic) bond motifs is 2. The monoisotopic (exact) mass is 903 g/mol. The lowest BCUT2D eigenvalue weighted by Crippen LogP contribution is -2.13. The highest BCUT2D eigenvalue weighted by molar-refractivity contribution is 9.10. The number of ketones is 1. The van der Waals surface area contributed by atoms with Crippen molar-refractivity contribution in [2.45, 2.75) is 26.5 Å². The first-order chi connectivity index (χ1) is 27.7. The van der Waals surface area contributed by atoms with E-state index in [4.69, 9.17) is 11.6 Å². The lowest BCUT2D eigenvalue weighted by atomic mass is 10.0. The molecule has 1 atom stereocenters. The van der Waals surface area contributed by atoms with E-state index in [1.165, 1.54) is 15.0 Å². The molecule has 0 fully saturated rings. The number of aryl methyl sites for hydroxylation is 2. The van der Waals surface area contributed by atoms with E-state index in [1.807, 2.05) is 12.1 Å². The molecule has 0 aliphatic heterocycles. The predicted molar refractivity (Wildman–Crippen MR) is 223 cm³/mol. The third-order valence-electron chi connectivity index (χ3n) is 9.10. The van der Waals surface area contributed by atoms with E-state index in [0.29, 0.717) is 43.6 Å². The molecule has 0 spiro atoms. The fourth-order valence-electron chi connectivity index (χ4n) is 6.30. The van der Waals surface area contributed by atoms with Crippen LogP contribution < -0.4 is 5.32 Å². The number of carbonyl (C=O) groups is 3. The first-order valence-corrected chi connectivity index (χ1v) is 20.1. The Morgan fingerprint density at radius 3 is 2.12 bits per heavy atom. The molecule has 17 heteroatoms. The van der Waals surface area contributed by atoms with E-state index < -0.39 is 35.8 Å². The van der Waals surface area contributed by atoms with Crippen molar-refractivity contribution in [3.63, 3.8) is 0 Å². The molecule has 6 heterocycles. The van der Waals surface area contributed by atoms with E-state index in [0.717, 1.165) is 38.3 Å². The van der Waals surface area contributed by atoms with Crippen LogP contribution in [0.25, 0.3) is 33.5 Å². The maximum absolute atomic E-state index is 14.8. The number of pyridine rings is 2. The second-order valence-electron chi connectivity index (χ2n) is 12.9. The van der Waals surface area contributed by atoms with Crippen LogP contribution in [0.1, 0.15) is 59.3 Å². The number of aliphatic hydroxyl groups is 1. The summed E-state index contributed by atoms with van der Waals surface area (Å²) in [6.07, 6.45) is -0.267. The molecular weight excluding hydrogens is 876 g/mol. The first kappa shape index (κ1) is 40.4. The number of halogens is 4. The zero-order valence-corrected chi connectivity index (χ0v) is 34.2. The van der Waals surface area contributed by atoms with Gasteiger partial charge in [0.25, 0.3) is 0 Å². The fourth-order valence-corrected chi connectivity index (χ4v) is 8.72. The van der Waals surface area contributed by atoms with Crippen LogP contribution in [0.4, 0.5) is 13.8 Å². The Balaban J connectivity index is 0.000000177. The van der Waals surface area contributed by atoms with Crippen molar-refractivity contribution in [3.05, 3.63) is 156 Å². The highest BCUT2D eigenvalue weighted by Gasteiger charge is 2.27. The molecule has 58 heavy (non-hydrogen) atoms. The van der Waals surface area contributed by atoms with E-state index in [-0.39, 0.29) is 33.9 Å². The predicted octanol–water partition coefficient (Wildman–Crippen LogP) is 10.4. The van der Waals surface area contributed by atoms with Gasteiger partial charge < -0.3 is 20.6 Å². The van der Waals surface area contributed by atoms with Gasteiger partial charge in [-0.05, 0) is 78.4 Å². The molecule has 294 valence electrons. The van der Waals surface area contributed by atoms with Gasteiger partial charge in [-0.15, -0.1) is 22.7 Å². The first-order valence-electron chi connectivity index (χ1n) is 17.2. The highest BCUT2D eigenvalue weighted by atomic mass is 79.9. The van der Waals surface area contributed by atoms with Crippen molar-refractivity contribution in [3.8, 4) is 22.3 Å². The van der Waals surface area contributed by atoms with Crippen LogP contribution in [-0.2, 0) is 6.42 Å². The maximum atomic E-state index is 14.8. The number of aromatic nitrogens is 4. The van der Waals surface area contributed by atoms with Gasteiger partial charge in [0.1, 0.15) is 27.6 Å². The number of aromatic carboxylic acids is 2. The Bertz CT molecular complexity index is 2870. The van der Waals surface area contributed by atoms with Crippen molar-refractivity contribution in [2.24, 2.45) is 0 Å². The smallest absolute Gasteiger partial charge is 0.339 e. The highest BCUT2D eigenvalue weighted by Crippen LogP contribution is 2.38. The molecule has 0 aliphatic rings. The summed E-state index contributed by atoms with van der Waals surface area (Å²) in [5.74, 6) is -4.31. The molecular formula is C41H29BrClF2N5O6S2. The standard InChI is InChI=1S/C21H14ClFN2O3S.C20H15BrFN3O3S/c1-11-3-2-8-25-19(23)18(24-20(11)25)15(26)9-16-17(21(27)28)14(10-29-16)12-4-6-13(22)7-5-12;1-10-3-2-4-14-23-16(17(22)25(10)14)18(26)24-19-15(20(27)28)13(9-29-19)11-5-7-12(21)8-6-11/h2-8,10H,9H2,1H3,(H,27,28);2-9,18,24,26H,1H3,(H,27,28). The Hall–Kier alpha value is -5.78. The largest absolute Gasteiger partial charge is 0.478 e. The van der Waals surface area contributed by atoms with Gasteiger partial charge in [0.05, 0.1) is 5.56 Å². The van der Waals surface area contributed by atoms with Crippen molar-refractivity contribution >= 4 is 84.2 Å². The summed E-state index contributed by atoms with van der Waals surface area (Å²) < 4.78 is 32.9. The summed E-state index contributed by atoms with van der Waals surface area (Å²) in [6.45, 7) is 3.50. The summed E-state index contributed by atoms with van der Waals surface area (Å²) >= 11 is 11.5. The number of rotatable bonds is 10. The number of imidazole rings is 2. The number of aliphatic hydroxyl groups excluding tert-OH is 1. The van der Waals surface area contributed by atoms with Crippen molar-refractivity contribution in [2.75, 3.05) is 5.32 Å². The van der Waals surface area contributed by atoms with Gasteiger partial charge >= 0.3 is 11.9 Å². The molecule has 2 aromatic carbocycles. The van der Waals surface area contributed by atoms with Crippen molar-refractivity contribution in [1.82, 2.24) is 18.8 Å². The minimum Gasteiger partial charge on any atom is -0.478 e. The lowest BCUT2D eigenvalue weighted by Gasteiger charge is -2.12. The number of carbonyl (C=O) groups excluding carboxylic acids is 1. The number of carboxylic acid groups (broad SMARTS) is 2. The van der Waals surface area contributed by atoms with E-state index in [9.17, 15) is 38.5 Å². The van der Waals surface area contributed by atoms with E-state index in [1.54, 1.807) is 91.3 Å². The minimum absolute atomic E-state index is 0.0109. The summed E-state index contributed by atoms with van der Waals surface area (Å²) in [5, 5.41) is 36.8. The molecule has 8 aromatic rings. The molecule has 0 amide bonds. The number of nitrogens with one attached hydrogen (secondary N) is 1. The molecule has 0 saturated heterocycles. The van der Waals surface area contributed by atoms with Crippen molar-refractivity contribution < 1.29 is 38.5 Å². The Morgan fingerprint density at radius 2 is 1.48 bits per heavy atom. The number of hydrogen-bond acceptors (Lipinski definition) is 9. The molecule has 8 rings (SSSR count). The number of nitrogens with zero attached hydrogens (tertiary/aromatic N) is 4. The van der Waals surface area contributed by atoms with E-state index in [2.05, 4.69) is 31.2 Å². The Kier molecular flexibility index (Phi) is 11.6. The van der Waals surface area contributed by atoms with Gasteiger partial charge in [0, 0.05) is 49.2 Å². The molecule has 1 unspecified atom stereocenters. The third-order valence-corrected chi connectivity index (χ3v) is 11.8. The van der Waals surface area contributed by atoms with Crippen molar-refractivity contribution in [1.29, 1.82) is 0 Å². The Morgan fingerprint density at radius 1 is 0.845 bits per heavy atom. The number of hydrogen-bond donors (Lipinski definition) is 4. The van der Waals surface area contributed by atoms with Gasteiger partial charge in [-0.2, -0.15) is 8.78 Å². The van der Waals surface area contributed by atoms with Crippen LogP contribution in [0.5, 0.6) is 0 Å². The lowest BCUT2D eigenvalue weighted by molar-refractivity contribution is 0.0687. The van der Waals surface area contributed by atoms with Crippen LogP contribution >= 0.6 is 50.2 Å². The normalized spacial score (nSPS) is 11.7. The average Bonchev–Trinajstić information content (AvgIpc) is 3.97. The second-order valence-corrected chi connectivity index (χ2v) is 16.1. The summed E-state index contributed by atoms with van der Waals surface area (Å²) in [4.78, 5) is 45.2. The van der Waals surface area contributed by atoms with Gasteiger partial charge in [-0.3, -0.25) is 13.6 Å². The van der Waals surface area contributed by atoms with E-state index >= 15 is 0 Å². The van der Waals surface area contributed by atoms with Gasteiger partial charge in [-0.1, -0.05) is 63.9 Å². The summed E-state index contributed by atoms with van der Waals surface area (Å²) in [6, 6.07) is 22.5. The summed E-state index contributed by atoms with van der Waals surface area (Å²) in [5.41, 5.74) is 4.04. The topological polar surface area (TPSA) is 159 Å². The van der Waals surface area contributed by atoms with Crippen LogP contribution in [0, 0.1) is 25.7 Å². The number of anilines is 1. The number of benzene rings is 2. The number of carboxylic acids is 2. The van der Waals surface area contributed by atoms with Gasteiger partial charge in [0.2, 0.25) is 11.9 Å². The van der Waals surface area contributed by atoms with Crippen LogP contribution in [-0.4, -0.2) is 51.8 Å². The molecule has 4 N–H and O–H groups in total. The number of thiophene rings is 2. The Labute approximate surface area is 349 Å². The quantitative estimate of drug-likeness (QED) is 0.0774. The fraction of sp³-hybridized carbons (Fsp3) is 0.0976. The molecule has 11 nitrogen and oxygen atoms in total. The zero-order chi connectivity index (χ0) is 41.4. The molecule has 0 radical (unpaired) electrons.